The van der Waals surface area contributed by atoms with Crippen LogP contribution in [0.15, 0.2) is 55.4 Å². The molecule has 37 heavy (non-hydrogen) atoms. The van der Waals surface area contributed by atoms with Crippen LogP contribution in [0.5, 0.6) is 6.01 Å². The average molecular weight is 507 g/mol. The molecule has 0 atom stereocenters. The first-order chi connectivity index (χ1) is 18.0. The molecule has 1 aliphatic rings. The lowest BCUT2D eigenvalue weighted by molar-refractivity contribution is 0.0317. The van der Waals surface area contributed by atoms with E-state index in [1.165, 1.54) is 0 Å². The maximum atomic E-state index is 11.8. The van der Waals surface area contributed by atoms with E-state index < -0.39 is 6.09 Å². The number of nitrogen functional groups attached to an aromatic ring is 1. The highest BCUT2D eigenvalue weighted by Gasteiger charge is 2.16. The van der Waals surface area contributed by atoms with E-state index in [1.54, 1.807) is 43.8 Å². The van der Waals surface area contributed by atoms with Crippen molar-refractivity contribution in [1.82, 2.24) is 30.2 Å². The van der Waals surface area contributed by atoms with Crippen molar-refractivity contribution in [1.29, 1.82) is 0 Å². The van der Waals surface area contributed by atoms with Gasteiger partial charge in [-0.05, 0) is 30.7 Å². The first kappa shape index (κ1) is 25.8. The van der Waals surface area contributed by atoms with Gasteiger partial charge in [0.1, 0.15) is 12.4 Å². The van der Waals surface area contributed by atoms with Gasteiger partial charge in [0.05, 0.1) is 31.2 Å². The van der Waals surface area contributed by atoms with Crippen LogP contribution in [0.2, 0.25) is 0 Å². The Kier molecular flexibility index (Phi) is 8.79. The summed E-state index contributed by atoms with van der Waals surface area (Å²) < 4.78 is 16.0. The predicted octanol–water partition coefficient (Wildman–Crippen LogP) is 2.52. The van der Waals surface area contributed by atoms with Gasteiger partial charge in [-0.3, -0.25) is 10.2 Å². The van der Waals surface area contributed by atoms with Gasteiger partial charge >= 0.3 is 12.1 Å². The zero-order valence-corrected chi connectivity index (χ0v) is 20.6. The number of carbonyl (C=O) groups is 1. The lowest BCUT2D eigenvalue weighted by Gasteiger charge is -2.26. The summed E-state index contributed by atoms with van der Waals surface area (Å²) in [5.74, 6) is 0.628. The Bertz CT molecular complexity index is 1200. The normalized spacial score (nSPS) is 13.5. The van der Waals surface area contributed by atoms with Crippen LogP contribution in [0, 0.1) is 0 Å². The Balaban J connectivity index is 1.51. The molecule has 2 aromatic heterocycles. The highest BCUT2D eigenvalue weighted by atomic mass is 16.5. The fourth-order valence-electron chi connectivity index (χ4n) is 3.69. The number of amides is 1. The Hall–Kier alpha value is -4.29. The standard InChI is InChI=1S/C25H30N8O4/c1-3-36-25(34)32-17(2)31-22-20(23-27-5-4-6-28-23)13-18(14-21(22)26)19-15-29-24(30-16-19)37-12-9-33-7-10-35-11-8-33/h4-6,13-16,31H,2-3,7-12,26H2,1H3,(H,32,34). The number of nitrogens with zero attached hydrogens (tertiary/aromatic N) is 5. The molecule has 12 nitrogen and oxygen atoms in total. The smallest absolute Gasteiger partial charge is 0.412 e. The summed E-state index contributed by atoms with van der Waals surface area (Å²) in [6.45, 7) is 10.3. The van der Waals surface area contributed by atoms with Gasteiger partial charge in [0, 0.05) is 55.5 Å². The second-order valence-corrected chi connectivity index (χ2v) is 8.07. The lowest BCUT2D eigenvalue weighted by atomic mass is 10.0. The Labute approximate surface area is 214 Å². The number of nitrogens with one attached hydrogen (secondary N) is 2. The van der Waals surface area contributed by atoms with E-state index in [9.17, 15) is 4.79 Å². The lowest BCUT2D eigenvalue weighted by Crippen LogP contribution is -2.38. The highest BCUT2D eigenvalue weighted by Crippen LogP contribution is 2.36. The van der Waals surface area contributed by atoms with Crippen molar-refractivity contribution in [2.45, 2.75) is 6.92 Å². The molecule has 1 aliphatic heterocycles. The first-order valence-electron chi connectivity index (χ1n) is 11.9. The van der Waals surface area contributed by atoms with Crippen LogP contribution in [-0.4, -0.2) is 77.0 Å². The second-order valence-electron chi connectivity index (χ2n) is 8.07. The van der Waals surface area contributed by atoms with Crippen molar-refractivity contribution >= 4 is 17.5 Å². The quantitative estimate of drug-likeness (QED) is 0.348. The summed E-state index contributed by atoms with van der Waals surface area (Å²) in [4.78, 5) is 31.5. The van der Waals surface area contributed by atoms with Gasteiger partial charge in [0.15, 0.2) is 5.82 Å². The maximum absolute atomic E-state index is 11.8. The third-order valence-electron chi connectivity index (χ3n) is 5.48. The van der Waals surface area contributed by atoms with E-state index in [4.69, 9.17) is 19.9 Å². The molecule has 3 heterocycles. The monoisotopic (exact) mass is 506 g/mol. The number of aromatic nitrogens is 4. The Morgan fingerprint density at radius 2 is 1.86 bits per heavy atom. The Morgan fingerprint density at radius 1 is 1.14 bits per heavy atom. The molecule has 1 saturated heterocycles. The molecule has 0 radical (unpaired) electrons. The maximum Gasteiger partial charge on any atom is 0.412 e. The summed E-state index contributed by atoms with van der Waals surface area (Å²) in [6.07, 6.45) is 5.99. The van der Waals surface area contributed by atoms with Crippen LogP contribution in [-0.2, 0) is 9.47 Å². The van der Waals surface area contributed by atoms with Crippen LogP contribution >= 0.6 is 0 Å². The molecule has 0 unspecified atom stereocenters. The molecule has 4 N–H and O–H groups in total. The van der Waals surface area contributed by atoms with Crippen LogP contribution in [0.1, 0.15) is 6.92 Å². The number of benzene rings is 1. The molecule has 0 aliphatic carbocycles. The first-order valence-corrected chi connectivity index (χ1v) is 11.9. The van der Waals surface area contributed by atoms with E-state index in [-0.39, 0.29) is 12.4 Å². The molecule has 12 heteroatoms. The minimum absolute atomic E-state index is 0.192. The third kappa shape index (κ3) is 7.12. The van der Waals surface area contributed by atoms with E-state index in [0.717, 1.165) is 44.0 Å². The summed E-state index contributed by atoms with van der Waals surface area (Å²) in [5, 5.41) is 5.55. The van der Waals surface area contributed by atoms with Gasteiger partial charge < -0.3 is 25.3 Å². The number of carbonyl (C=O) groups excluding carboxylic acids is 1. The van der Waals surface area contributed by atoms with E-state index in [2.05, 4.69) is 42.0 Å². The van der Waals surface area contributed by atoms with Crippen molar-refractivity contribution in [3.05, 3.63) is 55.4 Å². The molecule has 1 amide bonds. The number of ether oxygens (including phenoxy) is 3. The van der Waals surface area contributed by atoms with Crippen molar-refractivity contribution in [2.75, 3.05) is 57.1 Å². The number of hydrogen-bond donors (Lipinski definition) is 3. The highest BCUT2D eigenvalue weighted by molar-refractivity contribution is 5.90. The summed E-state index contributed by atoms with van der Waals surface area (Å²) in [6, 6.07) is 5.65. The number of alkyl carbamates (subject to hydrolysis) is 1. The minimum Gasteiger partial charge on any atom is -0.462 e. The SMILES string of the molecule is C=C(NC(=O)OCC)Nc1c(N)cc(-c2cnc(OCCN3CCOCC3)nc2)cc1-c1ncccn1. The van der Waals surface area contributed by atoms with Gasteiger partial charge in [0.25, 0.3) is 0 Å². The van der Waals surface area contributed by atoms with Gasteiger partial charge in [-0.1, -0.05) is 6.58 Å². The minimum atomic E-state index is -0.628. The fraction of sp³-hybridized carbons (Fsp3) is 0.320. The topological polar surface area (TPSA) is 150 Å². The van der Waals surface area contributed by atoms with Crippen molar-refractivity contribution in [3.8, 4) is 28.5 Å². The number of rotatable bonds is 10. The zero-order valence-electron chi connectivity index (χ0n) is 20.6. The van der Waals surface area contributed by atoms with Crippen molar-refractivity contribution in [2.24, 2.45) is 0 Å². The molecule has 1 aromatic carbocycles. The van der Waals surface area contributed by atoms with Crippen molar-refractivity contribution < 1.29 is 19.0 Å². The van der Waals surface area contributed by atoms with Gasteiger partial charge in [-0.15, -0.1) is 0 Å². The van der Waals surface area contributed by atoms with Gasteiger partial charge in [-0.2, -0.15) is 0 Å². The van der Waals surface area contributed by atoms with Gasteiger partial charge in [-0.25, -0.2) is 24.7 Å². The average Bonchev–Trinajstić information content (AvgIpc) is 2.91. The molecule has 1 fully saturated rings. The molecule has 4 rings (SSSR count). The zero-order chi connectivity index (χ0) is 26.0. The molecule has 0 bridgehead atoms. The van der Waals surface area contributed by atoms with E-state index >= 15 is 0 Å². The molecule has 194 valence electrons. The van der Waals surface area contributed by atoms with E-state index in [1.807, 2.05) is 6.07 Å². The number of morpholine rings is 1. The molecular formula is C25H30N8O4. The summed E-state index contributed by atoms with van der Waals surface area (Å²) in [7, 11) is 0. The number of anilines is 2. The fourth-order valence-corrected chi connectivity index (χ4v) is 3.69. The van der Waals surface area contributed by atoms with Crippen LogP contribution in [0.3, 0.4) is 0 Å². The number of nitrogens with two attached hydrogens (primary N) is 1. The molecule has 0 saturated carbocycles. The van der Waals surface area contributed by atoms with E-state index in [0.29, 0.717) is 35.4 Å². The van der Waals surface area contributed by atoms with Crippen molar-refractivity contribution in [3.63, 3.8) is 0 Å². The predicted molar refractivity (Wildman–Crippen MR) is 139 cm³/mol. The summed E-state index contributed by atoms with van der Waals surface area (Å²) in [5.41, 5.74) is 9.39. The van der Waals surface area contributed by atoms with Crippen LogP contribution < -0.4 is 21.1 Å². The van der Waals surface area contributed by atoms with Crippen LogP contribution in [0.4, 0.5) is 16.2 Å². The van der Waals surface area contributed by atoms with Crippen LogP contribution in [0.25, 0.3) is 22.5 Å². The molecule has 3 aromatic rings. The molecular weight excluding hydrogens is 476 g/mol. The molecule has 0 spiro atoms. The number of hydrogen-bond acceptors (Lipinski definition) is 11. The summed E-state index contributed by atoms with van der Waals surface area (Å²) >= 11 is 0. The largest absolute Gasteiger partial charge is 0.462 e. The third-order valence-corrected chi connectivity index (χ3v) is 5.48. The van der Waals surface area contributed by atoms with Gasteiger partial charge in [0.2, 0.25) is 0 Å². The second kappa shape index (κ2) is 12.6. The Morgan fingerprint density at radius 3 is 2.57 bits per heavy atom.